The minimum atomic E-state index is 0.670. The number of benzene rings is 1. The van der Waals surface area contributed by atoms with Gasteiger partial charge in [-0.15, -0.1) is 5.10 Å². The van der Waals surface area contributed by atoms with Crippen molar-refractivity contribution in [2.24, 2.45) is 5.73 Å². The van der Waals surface area contributed by atoms with Gasteiger partial charge >= 0.3 is 0 Å². The fourth-order valence-corrected chi connectivity index (χ4v) is 2.56. The van der Waals surface area contributed by atoms with Gasteiger partial charge < -0.3 is 15.2 Å². The van der Waals surface area contributed by atoms with Crippen LogP contribution in [0, 0.1) is 0 Å². The van der Waals surface area contributed by atoms with E-state index < -0.39 is 0 Å². The average molecular weight is 356 g/mol. The van der Waals surface area contributed by atoms with Gasteiger partial charge in [-0.25, -0.2) is 9.97 Å². The first-order chi connectivity index (χ1) is 12.8. The summed E-state index contributed by atoms with van der Waals surface area (Å²) in [5.41, 5.74) is 7.70. The molecule has 0 aliphatic heterocycles. The van der Waals surface area contributed by atoms with Crippen molar-refractivity contribution in [1.82, 2.24) is 25.0 Å². The smallest absolute Gasteiger partial charge is 0.187 e. The zero-order valence-electron chi connectivity index (χ0n) is 15.0. The molecule has 8 nitrogen and oxygen atoms in total. The summed E-state index contributed by atoms with van der Waals surface area (Å²) in [7, 11) is 1.64. The van der Waals surface area contributed by atoms with Gasteiger partial charge in [0, 0.05) is 19.6 Å². The van der Waals surface area contributed by atoms with E-state index in [0.717, 1.165) is 56.2 Å². The van der Waals surface area contributed by atoms with Crippen LogP contribution in [0.15, 0.2) is 30.5 Å². The van der Waals surface area contributed by atoms with E-state index >= 15 is 0 Å². The Morgan fingerprint density at radius 2 is 1.88 bits per heavy atom. The lowest BCUT2D eigenvalue weighted by Crippen LogP contribution is -2.05. The van der Waals surface area contributed by atoms with E-state index in [-0.39, 0.29) is 0 Å². The molecule has 0 aliphatic carbocycles. The normalized spacial score (nSPS) is 11.2. The summed E-state index contributed by atoms with van der Waals surface area (Å²) in [6.07, 6.45) is 5.37. The van der Waals surface area contributed by atoms with Crippen LogP contribution in [0.1, 0.15) is 25.1 Å². The summed E-state index contributed by atoms with van der Waals surface area (Å²) in [6.45, 7) is 2.14. The Morgan fingerprint density at radius 3 is 2.65 bits per heavy atom. The molecule has 3 rings (SSSR count). The Hall–Kier alpha value is -2.58. The lowest BCUT2D eigenvalue weighted by Gasteiger charge is -2.05. The predicted octanol–water partition coefficient (Wildman–Crippen LogP) is 1.91. The van der Waals surface area contributed by atoms with Crippen molar-refractivity contribution < 1.29 is 9.47 Å². The molecule has 2 heterocycles. The fraction of sp³-hybridized carbons (Fsp3) is 0.444. The van der Waals surface area contributed by atoms with E-state index in [1.54, 1.807) is 18.0 Å². The molecule has 0 spiro atoms. The quantitative estimate of drug-likeness (QED) is 0.554. The first kappa shape index (κ1) is 18.2. The third kappa shape index (κ3) is 4.53. The monoisotopic (exact) mass is 356 g/mol. The summed E-state index contributed by atoms with van der Waals surface area (Å²) in [4.78, 5) is 9.02. The zero-order chi connectivity index (χ0) is 18.2. The van der Waals surface area contributed by atoms with Gasteiger partial charge in [0.05, 0.1) is 19.0 Å². The van der Waals surface area contributed by atoms with Crippen LogP contribution in [-0.4, -0.2) is 51.8 Å². The van der Waals surface area contributed by atoms with Crippen LogP contribution in [0.3, 0.4) is 0 Å². The number of rotatable bonds is 10. The average Bonchev–Trinajstić information content (AvgIpc) is 3.10. The number of hydrogen-bond donors (Lipinski definition) is 1. The zero-order valence-corrected chi connectivity index (χ0v) is 15.0. The van der Waals surface area contributed by atoms with Gasteiger partial charge in [0.2, 0.25) is 0 Å². The minimum absolute atomic E-state index is 0.670. The lowest BCUT2D eigenvalue weighted by atomic mass is 10.2. The van der Waals surface area contributed by atoms with E-state index in [4.69, 9.17) is 15.2 Å². The Balaban J connectivity index is 1.64. The summed E-state index contributed by atoms with van der Waals surface area (Å²) in [6, 6.07) is 7.62. The SMILES string of the molecule is COc1ccc(-n2nnc3cnc(CCCCOCCCN)nc32)cc1. The van der Waals surface area contributed by atoms with Crippen LogP contribution in [0.5, 0.6) is 5.75 Å². The van der Waals surface area contributed by atoms with Crippen LogP contribution >= 0.6 is 0 Å². The van der Waals surface area contributed by atoms with Crippen LogP contribution in [0.25, 0.3) is 16.9 Å². The third-order valence-corrected chi connectivity index (χ3v) is 3.99. The number of aromatic nitrogens is 5. The largest absolute Gasteiger partial charge is 0.497 e. The van der Waals surface area contributed by atoms with Crippen molar-refractivity contribution >= 4 is 11.2 Å². The Kier molecular flexibility index (Phi) is 6.45. The number of aryl methyl sites for hydroxylation is 1. The maximum atomic E-state index is 5.51. The molecule has 0 saturated carbocycles. The van der Waals surface area contributed by atoms with Crippen LogP contribution in [0.4, 0.5) is 0 Å². The maximum Gasteiger partial charge on any atom is 0.187 e. The summed E-state index contributed by atoms with van der Waals surface area (Å²) in [5, 5.41) is 8.34. The van der Waals surface area contributed by atoms with E-state index in [2.05, 4.69) is 20.3 Å². The van der Waals surface area contributed by atoms with Crippen LogP contribution in [-0.2, 0) is 11.2 Å². The molecule has 2 N–H and O–H groups in total. The second kappa shape index (κ2) is 9.21. The molecule has 26 heavy (non-hydrogen) atoms. The van der Waals surface area contributed by atoms with Crippen molar-refractivity contribution in [2.45, 2.75) is 25.7 Å². The van der Waals surface area contributed by atoms with E-state index in [9.17, 15) is 0 Å². The minimum Gasteiger partial charge on any atom is -0.497 e. The Morgan fingerprint density at radius 1 is 1.08 bits per heavy atom. The summed E-state index contributed by atoms with van der Waals surface area (Å²) >= 11 is 0. The molecule has 2 aromatic heterocycles. The van der Waals surface area contributed by atoms with Gasteiger partial charge in [-0.1, -0.05) is 5.21 Å². The highest BCUT2D eigenvalue weighted by Crippen LogP contribution is 2.18. The number of hydrogen-bond acceptors (Lipinski definition) is 7. The Bertz CT molecular complexity index is 818. The van der Waals surface area contributed by atoms with Crippen molar-refractivity contribution in [2.75, 3.05) is 26.9 Å². The molecule has 0 unspecified atom stereocenters. The second-order valence-electron chi connectivity index (χ2n) is 5.91. The molecule has 1 aromatic carbocycles. The Labute approximate surface area is 152 Å². The molecule has 0 fully saturated rings. The number of unbranched alkanes of at least 4 members (excludes halogenated alkanes) is 1. The van der Waals surface area contributed by atoms with Gasteiger partial charge in [0.15, 0.2) is 11.2 Å². The topological polar surface area (TPSA) is 101 Å². The van der Waals surface area contributed by atoms with Crippen molar-refractivity contribution in [3.63, 3.8) is 0 Å². The standard InChI is InChI=1S/C18H24N6O2/c1-25-15-8-6-14(7-9-15)24-18-16(22-23-24)13-20-17(21-18)5-2-3-11-26-12-4-10-19/h6-9,13H,2-5,10-12,19H2,1H3. The van der Waals surface area contributed by atoms with Gasteiger partial charge in [0.25, 0.3) is 0 Å². The lowest BCUT2D eigenvalue weighted by molar-refractivity contribution is 0.129. The van der Waals surface area contributed by atoms with Crippen LogP contribution < -0.4 is 10.5 Å². The maximum absolute atomic E-state index is 5.51. The predicted molar refractivity (Wildman–Crippen MR) is 98.4 cm³/mol. The van der Waals surface area contributed by atoms with Gasteiger partial charge in [-0.2, -0.15) is 4.68 Å². The first-order valence-corrected chi connectivity index (χ1v) is 8.81. The molecule has 0 amide bonds. The van der Waals surface area contributed by atoms with Crippen molar-refractivity contribution in [1.29, 1.82) is 0 Å². The number of methoxy groups -OCH3 is 1. The molecule has 138 valence electrons. The van der Waals surface area contributed by atoms with Gasteiger partial charge in [-0.05, 0) is 50.1 Å². The van der Waals surface area contributed by atoms with Gasteiger partial charge in [0.1, 0.15) is 11.6 Å². The summed E-state index contributed by atoms with van der Waals surface area (Å²) < 4.78 is 12.4. The van der Waals surface area contributed by atoms with E-state index in [0.29, 0.717) is 17.7 Å². The molecule has 0 bridgehead atoms. The van der Waals surface area contributed by atoms with Crippen molar-refractivity contribution in [3.8, 4) is 11.4 Å². The second-order valence-corrected chi connectivity index (χ2v) is 5.91. The summed E-state index contributed by atoms with van der Waals surface area (Å²) in [5.74, 6) is 1.58. The molecule has 0 atom stereocenters. The molecule has 3 aromatic rings. The third-order valence-electron chi connectivity index (χ3n) is 3.99. The fourth-order valence-electron chi connectivity index (χ4n) is 2.56. The van der Waals surface area contributed by atoms with Gasteiger partial charge in [-0.3, -0.25) is 0 Å². The highest BCUT2D eigenvalue weighted by molar-refractivity contribution is 5.70. The highest BCUT2D eigenvalue weighted by Gasteiger charge is 2.10. The number of nitrogens with two attached hydrogens (primary N) is 1. The molecule has 0 radical (unpaired) electrons. The first-order valence-electron chi connectivity index (χ1n) is 8.81. The number of ether oxygens (including phenoxy) is 2. The van der Waals surface area contributed by atoms with Crippen molar-refractivity contribution in [3.05, 3.63) is 36.3 Å². The molecular weight excluding hydrogens is 332 g/mol. The molecule has 0 aliphatic rings. The van der Waals surface area contributed by atoms with E-state index in [1.165, 1.54) is 0 Å². The highest BCUT2D eigenvalue weighted by atomic mass is 16.5. The number of nitrogens with zero attached hydrogens (tertiary/aromatic N) is 5. The van der Waals surface area contributed by atoms with E-state index in [1.807, 2.05) is 24.3 Å². The van der Waals surface area contributed by atoms with Crippen LogP contribution in [0.2, 0.25) is 0 Å². The molecule has 0 saturated heterocycles. The molecular formula is C18H24N6O2. The number of fused-ring (bicyclic) bond motifs is 1. The molecule has 8 heteroatoms.